The number of nitrogens with one attached hydrogen (secondary N) is 1. The van der Waals surface area contributed by atoms with E-state index in [4.69, 9.17) is 0 Å². The molecule has 0 amide bonds. The van der Waals surface area contributed by atoms with Gasteiger partial charge in [-0.05, 0) is 45.9 Å². The molecule has 0 aromatic carbocycles. The zero-order valence-electron chi connectivity index (χ0n) is 10.1. The van der Waals surface area contributed by atoms with Gasteiger partial charge in [-0.15, -0.1) is 0 Å². The van der Waals surface area contributed by atoms with Gasteiger partial charge in [-0.1, -0.05) is 6.08 Å². The Morgan fingerprint density at radius 1 is 1.47 bits per heavy atom. The molecule has 0 aliphatic rings. The molecular formula is C12H21N3. The van der Waals surface area contributed by atoms with Crippen LogP contribution in [0.15, 0.2) is 18.3 Å². The Hall–Kier alpha value is -1.09. The van der Waals surface area contributed by atoms with Crippen LogP contribution >= 0.6 is 0 Å². The van der Waals surface area contributed by atoms with Crippen molar-refractivity contribution in [2.75, 3.05) is 6.54 Å². The molecule has 0 radical (unpaired) electrons. The Kier molecular flexibility index (Phi) is 4.09. The lowest BCUT2D eigenvalue weighted by Gasteiger charge is -2.19. The molecule has 0 unspecified atom stereocenters. The fraction of sp³-hybridized carbons (Fsp3) is 0.583. The maximum Gasteiger partial charge on any atom is 0.0603 e. The molecule has 1 N–H and O–H groups in total. The maximum absolute atomic E-state index is 4.10. The van der Waals surface area contributed by atoms with Gasteiger partial charge in [-0.2, -0.15) is 5.10 Å². The predicted molar refractivity (Wildman–Crippen MR) is 64.6 cm³/mol. The number of aromatic nitrogens is 2. The zero-order valence-corrected chi connectivity index (χ0v) is 10.1. The molecule has 0 aliphatic carbocycles. The van der Waals surface area contributed by atoms with Crippen LogP contribution in [0.2, 0.25) is 0 Å². The van der Waals surface area contributed by atoms with Gasteiger partial charge in [-0.3, -0.25) is 4.68 Å². The number of hydrogen-bond donors (Lipinski definition) is 1. The minimum absolute atomic E-state index is 0.209. The summed E-state index contributed by atoms with van der Waals surface area (Å²) in [4.78, 5) is 0. The first kappa shape index (κ1) is 12.0. The van der Waals surface area contributed by atoms with Gasteiger partial charge in [0.05, 0.1) is 5.69 Å². The summed E-state index contributed by atoms with van der Waals surface area (Å²) in [6.07, 6.45) is 7.14. The maximum atomic E-state index is 4.10. The lowest BCUT2D eigenvalue weighted by molar-refractivity contribution is 0.431. The molecule has 84 valence electrons. The molecule has 1 aromatic heterocycles. The lowest BCUT2D eigenvalue weighted by atomic mass is 10.1. The topological polar surface area (TPSA) is 29.9 Å². The van der Waals surface area contributed by atoms with Crippen LogP contribution in [-0.2, 0) is 7.05 Å². The molecule has 0 fully saturated rings. The van der Waals surface area contributed by atoms with E-state index in [0.29, 0.717) is 0 Å². The van der Waals surface area contributed by atoms with Gasteiger partial charge in [0.15, 0.2) is 0 Å². The van der Waals surface area contributed by atoms with E-state index >= 15 is 0 Å². The molecule has 3 nitrogen and oxygen atoms in total. The average Bonchev–Trinajstić information content (AvgIpc) is 2.49. The molecule has 0 saturated heterocycles. The second-order valence-corrected chi connectivity index (χ2v) is 4.75. The van der Waals surface area contributed by atoms with Crippen molar-refractivity contribution >= 4 is 6.08 Å². The third-order valence-corrected chi connectivity index (χ3v) is 2.11. The molecule has 1 heterocycles. The minimum atomic E-state index is 0.209. The monoisotopic (exact) mass is 207 g/mol. The molecule has 0 saturated carbocycles. The van der Waals surface area contributed by atoms with Crippen LogP contribution in [0.4, 0.5) is 0 Å². The van der Waals surface area contributed by atoms with Crippen molar-refractivity contribution in [2.24, 2.45) is 7.05 Å². The third kappa shape index (κ3) is 4.79. The second-order valence-electron chi connectivity index (χ2n) is 4.75. The fourth-order valence-electron chi connectivity index (χ4n) is 1.28. The first-order chi connectivity index (χ1) is 6.99. The number of rotatable bonds is 4. The largest absolute Gasteiger partial charge is 0.312 e. The highest BCUT2D eigenvalue weighted by Gasteiger charge is 2.06. The van der Waals surface area contributed by atoms with E-state index < -0.39 is 0 Å². The van der Waals surface area contributed by atoms with Crippen LogP contribution in [0.25, 0.3) is 6.08 Å². The number of aryl methyl sites for hydroxylation is 1. The normalized spacial score (nSPS) is 12.5. The summed E-state index contributed by atoms with van der Waals surface area (Å²) in [5.41, 5.74) is 1.35. The van der Waals surface area contributed by atoms with Gasteiger partial charge in [0.25, 0.3) is 0 Å². The van der Waals surface area contributed by atoms with Gasteiger partial charge in [-0.25, -0.2) is 0 Å². The van der Waals surface area contributed by atoms with Crippen molar-refractivity contribution in [3.8, 4) is 0 Å². The highest BCUT2D eigenvalue weighted by Crippen LogP contribution is 2.01. The van der Waals surface area contributed by atoms with Crippen molar-refractivity contribution in [3.05, 3.63) is 24.0 Å². The van der Waals surface area contributed by atoms with E-state index in [9.17, 15) is 0 Å². The van der Waals surface area contributed by atoms with Crippen LogP contribution in [0, 0.1) is 0 Å². The average molecular weight is 207 g/mol. The van der Waals surface area contributed by atoms with Crippen molar-refractivity contribution in [2.45, 2.75) is 32.7 Å². The van der Waals surface area contributed by atoms with E-state index in [1.165, 1.54) is 0 Å². The van der Waals surface area contributed by atoms with E-state index in [1.54, 1.807) is 0 Å². The molecule has 1 rings (SSSR count). The van der Waals surface area contributed by atoms with E-state index in [-0.39, 0.29) is 5.54 Å². The van der Waals surface area contributed by atoms with E-state index in [2.05, 4.69) is 43.3 Å². The van der Waals surface area contributed by atoms with Crippen LogP contribution in [0.3, 0.4) is 0 Å². The summed E-state index contributed by atoms with van der Waals surface area (Å²) in [6, 6.07) is 2.01. The summed E-state index contributed by atoms with van der Waals surface area (Å²) in [7, 11) is 1.95. The van der Waals surface area contributed by atoms with Crippen molar-refractivity contribution in [3.63, 3.8) is 0 Å². The van der Waals surface area contributed by atoms with Crippen LogP contribution < -0.4 is 5.32 Å². The van der Waals surface area contributed by atoms with Gasteiger partial charge in [0.2, 0.25) is 0 Å². The molecule has 1 aromatic rings. The standard InChI is InChI=1S/C12H21N3/c1-12(2,3)13-9-6-5-7-11-8-10-14-15(11)4/h5,7-8,10,13H,6,9H2,1-4H3. The van der Waals surface area contributed by atoms with E-state index in [1.807, 2.05) is 24.0 Å². The zero-order chi connectivity index (χ0) is 11.3. The Morgan fingerprint density at radius 2 is 2.20 bits per heavy atom. The molecule has 0 spiro atoms. The first-order valence-corrected chi connectivity index (χ1v) is 5.38. The Balaban J connectivity index is 2.27. The lowest BCUT2D eigenvalue weighted by Crippen LogP contribution is -2.36. The van der Waals surface area contributed by atoms with Crippen LogP contribution in [0.5, 0.6) is 0 Å². The Bertz CT molecular complexity index is 318. The molecule has 15 heavy (non-hydrogen) atoms. The minimum Gasteiger partial charge on any atom is -0.312 e. The van der Waals surface area contributed by atoms with Gasteiger partial charge in [0.1, 0.15) is 0 Å². The van der Waals surface area contributed by atoms with E-state index in [0.717, 1.165) is 18.7 Å². The SMILES string of the molecule is Cn1nccc1C=CCCNC(C)(C)C. The van der Waals surface area contributed by atoms with Crippen molar-refractivity contribution in [1.29, 1.82) is 0 Å². The fourth-order valence-corrected chi connectivity index (χ4v) is 1.28. The van der Waals surface area contributed by atoms with Crippen molar-refractivity contribution < 1.29 is 0 Å². The molecule has 0 aliphatic heterocycles. The van der Waals surface area contributed by atoms with Crippen LogP contribution in [-0.4, -0.2) is 21.9 Å². The molecule has 3 heteroatoms. The van der Waals surface area contributed by atoms with Crippen molar-refractivity contribution in [1.82, 2.24) is 15.1 Å². The third-order valence-electron chi connectivity index (χ3n) is 2.11. The summed E-state index contributed by atoms with van der Waals surface area (Å²) in [5, 5.41) is 7.55. The highest BCUT2D eigenvalue weighted by molar-refractivity contribution is 5.43. The second kappa shape index (κ2) is 5.12. The smallest absolute Gasteiger partial charge is 0.0603 e. The first-order valence-electron chi connectivity index (χ1n) is 5.38. The number of hydrogen-bond acceptors (Lipinski definition) is 2. The molecular weight excluding hydrogens is 186 g/mol. The summed E-state index contributed by atoms with van der Waals surface area (Å²) < 4.78 is 1.87. The predicted octanol–water partition coefficient (Wildman–Crippen LogP) is 2.21. The van der Waals surface area contributed by atoms with Gasteiger partial charge >= 0.3 is 0 Å². The molecule has 0 atom stereocenters. The highest BCUT2D eigenvalue weighted by atomic mass is 15.2. The summed E-state index contributed by atoms with van der Waals surface area (Å²) in [5.74, 6) is 0. The van der Waals surface area contributed by atoms with Gasteiger partial charge in [0, 0.05) is 18.8 Å². The Morgan fingerprint density at radius 3 is 2.73 bits per heavy atom. The summed E-state index contributed by atoms with van der Waals surface area (Å²) >= 11 is 0. The Labute approximate surface area is 92.2 Å². The quantitative estimate of drug-likeness (QED) is 0.767. The molecule has 0 bridgehead atoms. The van der Waals surface area contributed by atoms with Crippen LogP contribution in [0.1, 0.15) is 32.9 Å². The number of nitrogens with zero attached hydrogens (tertiary/aromatic N) is 2. The summed E-state index contributed by atoms with van der Waals surface area (Å²) in [6.45, 7) is 7.55. The van der Waals surface area contributed by atoms with Gasteiger partial charge < -0.3 is 5.32 Å².